The topological polar surface area (TPSA) is 199 Å². The van der Waals surface area contributed by atoms with Gasteiger partial charge in [-0.2, -0.15) is 0 Å². The molecule has 1 aliphatic rings. The van der Waals surface area contributed by atoms with E-state index in [1.54, 1.807) is 6.20 Å². The maximum absolute atomic E-state index is 13.0. The van der Waals surface area contributed by atoms with Gasteiger partial charge in [0.15, 0.2) is 0 Å². The van der Waals surface area contributed by atoms with Gasteiger partial charge in [0, 0.05) is 43.2 Å². The number of likely N-dealkylation sites (tertiary alicyclic amines) is 1. The van der Waals surface area contributed by atoms with Gasteiger partial charge in [0.25, 0.3) is 0 Å². The number of imidazole rings is 2. The second-order valence-electron chi connectivity index (χ2n) is 7.99. The monoisotopic (exact) mass is 460 g/mol. The van der Waals surface area contributed by atoms with Gasteiger partial charge < -0.3 is 36.3 Å². The number of hydrogen-bond donors (Lipinski definition) is 6. The zero-order valence-electron chi connectivity index (χ0n) is 18.2. The van der Waals surface area contributed by atoms with Crippen LogP contribution in [0, 0.1) is 0 Å². The minimum Gasteiger partial charge on any atom is -0.480 e. The van der Waals surface area contributed by atoms with Crippen LogP contribution in [0.3, 0.4) is 0 Å². The zero-order chi connectivity index (χ0) is 24.0. The van der Waals surface area contributed by atoms with E-state index in [2.05, 4.69) is 30.6 Å². The van der Waals surface area contributed by atoms with Crippen molar-refractivity contribution in [1.29, 1.82) is 0 Å². The number of carbonyl (C=O) groups is 4. The van der Waals surface area contributed by atoms with Crippen LogP contribution in [0.15, 0.2) is 25.0 Å². The molecule has 7 N–H and O–H groups in total. The Morgan fingerprint density at radius 1 is 1.15 bits per heavy atom. The van der Waals surface area contributed by atoms with Crippen LogP contribution in [0.4, 0.5) is 0 Å². The normalized spacial score (nSPS) is 18.4. The third kappa shape index (κ3) is 6.16. The van der Waals surface area contributed by atoms with Crippen LogP contribution in [0.2, 0.25) is 0 Å². The first-order valence-corrected chi connectivity index (χ1v) is 10.6. The van der Waals surface area contributed by atoms with E-state index in [4.69, 9.17) is 5.73 Å². The van der Waals surface area contributed by atoms with E-state index in [9.17, 15) is 24.3 Å². The Labute approximate surface area is 189 Å². The van der Waals surface area contributed by atoms with Crippen molar-refractivity contribution >= 4 is 23.7 Å². The molecule has 13 nitrogen and oxygen atoms in total. The zero-order valence-corrected chi connectivity index (χ0v) is 18.2. The molecule has 0 aliphatic carbocycles. The van der Waals surface area contributed by atoms with Crippen molar-refractivity contribution in [2.75, 3.05) is 6.54 Å². The summed E-state index contributed by atoms with van der Waals surface area (Å²) in [5.41, 5.74) is 7.16. The molecule has 4 unspecified atom stereocenters. The van der Waals surface area contributed by atoms with Crippen LogP contribution in [-0.4, -0.2) is 84.3 Å². The fourth-order valence-corrected chi connectivity index (χ4v) is 3.74. The van der Waals surface area contributed by atoms with E-state index in [1.807, 2.05) is 0 Å². The summed E-state index contributed by atoms with van der Waals surface area (Å²) in [7, 11) is 0. The van der Waals surface area contributed by atoms with E-state index in [-0.39, 0.29) is 12.8 Å². The minimum atomic E-state index is -1.19. The summed E-state index contributed by atoms with van der Waals surface area (Å²) >= 11 is 0. The Bertz CT molecular complexity index is 961. The smallest absolute Gasteiger partial charge is 0.326 e. The Kier molecular flexibility index (Phi) is 7.77. The standard InChI is InChI=1S/C20H28N8O5/c1-11(26-17(29)14(21)5-12-7-22-9-24-12)19(31)28-4-2-3-16(28)18(30)27-15(20(32)33)6-13-8-23-10-25-13/h7-11,14-16H,2-6,21H2,1H3,(H,22,24)(H,23,25)(H,26,29)(H,27,30)(H,32,33). The molecular formula is C20H28N8O5. The molecular weight excluding hydrogens is 432 g/mol. The molecule has 0 aromatic carbocycles. The molecule has 3 heterocycles. The van der Waals surface area contributed by atoms with Crippen LogP contribution in [-0.2, 0) is 32.0 Å². The van der Waals surface area contributed by atoms with Gasteiger partial charge >= 0.3 is 5.97 Å². The van der Waals surface area contributed by atoms with Crippen molar-refractivity contribution in [2.24, 2.45) is 5.73 Å². The van der Waals surface area contributed by atoms with Gasteiger partial charge in [0.2, 0.25) is 17.7 Å². The van der Waals surface area contributed by atoms with Crippen LogP contribution >= 0.6 is 0 Å². The highest BCUT2D eigenvalue weighted by atomic mass is 16.4. The maximum atomic E-state index is 13.0. The summed E-state index contributed by atoms with van der Waals surface area (Å²) in [6, 6.07) is -3.77. The number of carboxylic acids is 1. The second-order valence-corrected chi connectivity index (χ2v) is 7.99. The second kappa shape index (κ2) is 10.7. The molecule has 13 heteroatoms. The summed E-state index contributed by atoms with van der Waals surface area (Å²) in [5.74, 6) is -2.69. The summed E-state index contributed by atoms with van der Waals surface area (Å²) in [6.45, 7) is 1.85. The van der Waals surface area contributed by atoms with E-state index in [0.717, 1.165) is 0 Å². The number of H-pyrrole nitrogens is 2. The molecule has 0 saturated carbocycles. The Balaban J connectivity index is 1.57. The van der Waals surface area contributed by atoms with E-state index >= 15 is 0 Å². The first kappa shape index (κ1) is 23.9. The number of carboxylic acid groups (broad SMARTS) is 1. The number of rotatable bonds is 10. The molecule has 0 radical (unpaired) electrons. The SMILES string of the molecule is CC(NC(=O)C(N)Cc1cnc[nH]1)C(=O)N1CCCC1C(=O)NC(Cc1cnc[nH]1)C(=O)O. The number of hydrogen-bond acceptors (Lipinski definition) is 7. The molecule has 1 aliphatic heterocycles. The van der Waals surface area contributed by atoms with E-state index < -0.39 is 47.9 Å². The van der Waals surface area contributed by atoms with Gasteiger partial charge in [-0.1, -0.05) is 0 Å². The quantitative estimate of drug-likeness (QED) is 0.241. The van der Waals surface area contributed by atoms with Crippen molar-refractivity contribution in [2.45, 2.75) is 56.8 Å². The average molecular weight is 460 g/mol. The third-order valence-corrected chi connectivity index (χ3v) is 5.49. The van der Waals surface area contributed by atoms with Gasteiger partial charge in [-0.05, 0) is 19.8 Å². The molecule has 178 valence electrons. The first-order valence-electron chi connectivity index (χ1n) is 10.6. The minimum absolute atomic E-state index is 0.0302. The summed E-state index contributed by atoms with van der Waals surface area (Å²) < 4.78 is 0. The molecule has 2 aromatic heterocycles. The van der Waals surface area contributed by atoms with Crippen LogP contribution < -0.4 is 16.4 Å². The highest BCUT2D eigenvalue weighted by Gasteiger charge is 2.38. The van der Waals surface area contributed by atoms with Gasteiger partial charge in [0.1, 0.15) is 18.1 Å². The number of nitrogens with one attached hydrogen (secondary N) is 4. The van der Waals surface area contributed by atoms with Crippen LogP contribution in [0.25, 0.3) is 0 Å². The molecule has 33 heavy (non-hydrogen) atoms. The lowest BCUT2D eigenvalue weighted by atomic mass is 10.1. The predicted molar refractivity (Wildman–Crippen MR) is 114 cm³/mol. The lowest BCUT2D eigenvalue weighted by Gasteiger charge is -2.28. The molecule has 4 atom stereocenters. The molecule has 1 saturated heterocycles. The number of aromatic amines is 2. The fourth-order valence-electron chi connectivity index (χ4n) is 3.74. The Hall–Kier alpha value is -3.74. The predicted octanol–water partition coefficient (Wildman–Crippen LogP) is -1.69. The van der Waals surface area contributed by atoms with Crippen molar-refractivity contribution in [3.63, 3.8) is 0 Å². The molecule has 1 fully saturated rings. The average Bonchev–Trinajstić information content (AvgIpc) is 3.54. The highest BCUT2D eigenvalue weighted by Crippen LogP contribution is 2.19. The number of nitrogens with two attached hydrogens (primary N) is 1. The number of carbonyl (C=O) groups excluding carboxylic acids is 3. The lowest BCUT2D eigenvalue weighted by Crippen LogP contribution is -2.56. The van der Waals surface area contributed by atoms with Crippen molar-refractivity contribution in [3.05, 3.63) is 36.4 Å². The molecule has 3 amide bonds. The molecule has 0 bridgehead atoms. The summed E-state index contributed by atoms with van der Waals surface area (Å²) in [6.07, 6.45) is 7.19. The van der Waals surface area contributed by atoms with Gasteiger partial charge in [-0.25, -0.2) is 14.8 Å². The van der Waals surface area contributed by atoms with E-state index in [0.29, 0.717) is 30.8 Å². The number of nitrogens with zero attached hydrogens (tertiary/aromatic N) is 3. The van der Waals surface area contributed by atoms with Crippen LogP contribution in [0.5, 0.6) is 0 Å². The Morgan fingerprint density at radius 2 is 1.79 bits per heavy atom. The van der Waals surface area contributed by atoms with E-state index in [1.165, 1.54) is 30.7 Å². The molecule has 2 aromatic rings. The molecule has 3 rings (SSSR count). The van der Waals surface area contributed by atoms with Gasteiger partial charge in [0.05, 0.1) is 18.7 Å². The number of amides is 3. The van der Waals surface area contributed by atoms with Crippen molar-refractivity contribution in [3.8, 4) is 0 Å². The first-order chi connectivity index (χ1) is 15.8. The van der Waals surface area contributed by atoms with Gasteiger partial charge in [-0.3, -0.25) is 14.4 Å². The largest absolute Gasteiger partial charge is 0.480 e. The lowest BCUT2D eigenvalue weighted by molar-refractivity contribution is -0.144. The number of aliphatic carboxylic acids is 1. The number of aromatic nitrogens is 4. The Morgan fingerprint density at radius 3 is 2.36 bits per heavy atom. The third-order valence-electron chi connectivity index (χ3n) is 5.49. The summed E-state index contributed by atoms with van der Waals surface area (Å²) in [4.78, 5) is 64.5. The van der Waals surface area contributed by atoms with Crippen molar-refractivity contribution in [1.82, 2.24) is 35.5 Å². The fraction of sp³-hybridized carbons (Fsp3) is 0.500. The highest BCUT2D eigenvalue weighted by molar-refractivity contribution is 5.94. The van der Waals surface area contributed by atoms with Crippen molar-refractivity contribution < 1.29 is 24.3 Å². The maximum Gasteiger partial charge on any atom is 0.326 e. The molecule has 0 spiro atoms. The van der Waals surface area contributed by atoms with Crippen LogP contribution in [0.1, 0.15) is 31.2 Å². The van der Waals surface area contributed by atoms with Gasteiger partial charge in [-0.15, -0.1) is 0 Å². The summed E-state index contributed by atoms with van der Waals surface area (Å²) in [5, 5.41) is 14.6.